The van der Waals surface area contributed by atoms with Crippen LogP contribution in [0, 0.1) is 0 Å². The quantitative estimate of drug-likeness (QED) is 0.725. The van der Waals surface area contributed by atoms with Gasteiger partial charge in [-0.1, -0.05) is 42.5 Å². The van der Waals surface area contributed by atoms with Crippen molar-refractivity contribution >= 4 is 21.6 Å². The lowest BCUT2D eigenvalue weighted by atomic mass is 10.0. The van der Waals surface area contributed by atoms with Gasteiger partial charge in [0.15, 0.2) is 0 Å². The lowest BCUT2D eigenvalue weighted by molar-refractivity contribution is -0.129. The third-order valence-corrected chi connectivity index (χ3v) is 9.28. The van der Waals surface area contributed by atoms with E-state index in [-0.39, 0.29) is 25.1 Å². The number of benzene rings is 2. The molecule has 0 radical (unpaired) electrons. The van der Waals surface area contributed by atoms with Crippen LogP contribution >= 0.6 is 0 Å². The second-order valence-corrected chi connectivity index (χ2v) is 11.1. The molecule has 0 spiro atoms. The molecule has 2 aromatic carbocycles. The fourth-order valence-corrected chi connectivity index (χ4v) is 7.16. The highest BCUT2D eigenvalue weighted by Crippen LogP contribution is 2.38. The first kappa shape index (κ1) is 23.7. The predicted molar refractivity (Wildman–Crippen MR) is 129 cm³/mol. The van der Waals surface area contributed by atoms with Crippen molar-refractivity contribution in [3.63, 3.8) is 0 Å². The average molecular weight is 472 g/mol. The van der Waals surface area contributed by atoms with E-state index in [9.17, 15) is 18.3 Å². The molecule has 7 nitrogen and oxygen atoms in total. The van der Waals surface area contributed by atoms with Crippen molar-refractivity contribution in [2.75, 3.05) is 31.1 Å². The fourth-order valence-electron chi connectivity index (χ4n) is 4.97. The van der Waals surface area contributed by atoms with Gasteiger partial charge >= 0.3 is 0 Å². The van der Waals surface area contributed by atoms with Gasteiger partial charge in [-0.2, -0.15) is 4.31 Å². The maximum atomic E-state index is 13.5. The highest BCUT2D eigenvalue weighted by atomic mass is 32.2. The summed E-state index contributed by atoms with van der Waals surface area (Å²) in [6, 6.07) is 15.2. The molecule has 2 atom stereocenters. The van der Waals surface area contributed by atoms with Crippen LogP contribution in [0.1, 0.15) is 48.6 Å². The number of anilines is 1. The Morgan fingerprint density at radius 1 is 1.03 bits per heavy atom. The standard InChI is InChI=1S/C25H33N3O4S/c1-19-8-11-25(22-6-4-3-5-7-22)33(31,32)28(19)17-21-9-10-24(23(16-21)18-29)27-14-12-26(13-15-27)20(2)30/h3-7,9-10,16,19,25,29H,8,11-15,17-18H2,1-2H3. The fraction of sp³-hybridized carbons (Fsp3) is 0.480. The van der Waals surface area contributed by atoms with E-state index in [0.717, 1.165) is 28.8 Å². The summed E-state index contributed by atoms with van der Waals surface area (Å²) in [6.07, 6.45) is 1.43. The van der Waals surface area contributed by atoms with Gasteiger partial charge in [-0.25, -0.2) is 8.42 Å². The summed E-state index contributed by atoms with van der Waals surface area (Å²) < 4.78 is 28.7. The van der Waals surface area contributed by atoms with Crippen LogP contribution in [0.25, 0.3) is 0 Å². The topological polar surface area (TPSA) is 81.2 Å². The molecular weight excluding hydrogens is 438 g/mol. The van der Waals surface area contributed by atoms with Crippen molar-refractivity contribution in [1.29, 1.82) is 0 Å². The van der Waals surface area contributed by atoms with E-state index >= 15 is 0 Å². The van der Waals surface area contributed by atoms with Crippen molar-refractivity contribution in [3.05, 3.63) is 65.2 Å². The number of aliphatic hydroxyl groups excluding tert-OH is 1. The number of hydrogen-bond donors (Lipinski definition) is 1. The minimum atomic E-state index is -3.51. The van der Waals surface area contributed by atoms with Crippen molar-refractivity contribution in [2.45, 2.75) is 51.1 Å². The number of piperazine rings is 1. The van der Waals surface area contributed by atoms with Crippen molar-refractivity contribution < 1.29 is 18.3 Å². The molecule has 2 saturated heterocycles. The van der Waals surface area contributed by atoms with Crippen LogP contribution in [-0.4, -0.2) is 60.9 Å². The zero-order chi connectivity index (χ0) is 23.6. The highest BCUT2D eigenvalue weighted by Gasteiger charge is 2.40. The van der Waals surface area contributed by atoms with Crippen molar-refractivity contribution in [2.24, 2.45) is 0 Å². The van der Waals surface area contributed by atoms with Gasteiger partial charge in [-0.05, 0) is 37.0 Å². The van der Waals surface area contributed by atoms with Crippen LogP contribution < -0.4 is 4.90 Å². The summed E-state index contributed by atoms with van der Waals surface area (Å²) in [4.78, 5) is 15.6. The smallest absolute Gasteiger partial charge is 0.221 e. The number of carbonyl (C=O) groups is 1. The highest BCUT2D eigenvalue weighted by molar-refractivity contribution is 7.89. The molecule has 2 heterocycles. The lowest BCUT2D eigenvalue weighted by Crippen LogP contribution is -2.48. The predicted octanol–water partition coefficient (Wildman–Crippen LogP) is 2.90. The number of hydrogen-bond acceptors (Lipinski definition) is 5. The SMILES string of the molecule is CC(=O)N1CCN(c2ccc(CN3C(C)CCC(c4ccccc4)S3(=O)=O)cc2CO)CC1. The Bertz CT molecular complexity index is 1080. The summed E-state index contributed by atoms with van der Waals surface area (Å²) in [5, 5.41) is 9.52. The summed E-state index contributed by atoms with van der Waals surface area (Å²) in [6.45, 7) is 6.46. The normalized spacial score (nSPS) is 23.5. The number of aliphatic hydroxyl groups is 1. The van der Waals surface area contributed by atoms with Gasteiger partial charge in [-0.15, -0.1) is 0 Å². The molecule has 0 aliphatic carbocycles. The van der Waals surface area contributed by atoms with E-state index in [0.29, 0.717) is 32.6 Å². The minimum Gasteiger partial charge on any atom is -0.392 e. The van der Waals surface area contributed by atoms with E-state index in [1.54, 1.807) is 11.2 Å². The molecule has 2 aliphatic heterocycles. The molecule has 0 saturated carbocycles. The molecule has 0 aromatic heterocycles. The van der Waals surface area contributed by atoms with E-state index < -0.39 is 15.3 Å². The Kier molecular flexibility index (Phi) is 7.07. The van der Waals surface area contributed by atoms with Crippen LogP contribution in [0.15, 0.2) is 48.5 Å². The van der Waals surface area contributed by atoms with E-state index in [2.05, 4.69) is 4.90 Å². The molecule has 2 fully saturated rings. The van der Waals surface area contributed by atoms with Crippen LogP contribution in [0.5, 0.6) is 0 Å². The molecular formula is C25H33N3O4S. The Morgan fingerprint density at radius 2 is 1.73 bits per heavy atom. The molecule has 4 rings (SSSR count). The van der Waals surface area contributed by atoms with Crippen molar-refractivity contribution in [3.8, 4) is 0 Å². The van der Waals surface area contributed by atoms with Gasteiger partial charge in [0.25, 0.3) is 0 Å². The van der Waals surface area contributed by atoms with Gasteiger partial charge in [-0.3, -0.25) is 4.79 Å². The zero-order valence-corrected chi connectivity index (χ0v) is 20.2. The van der Waals surface area contributed by atoms with Gasteiger partial charge in [0, 0.05) is 56.9 Å². The van der Waals surface area contributed by atoms with Gasteiger partial charge in [0.05, 0.1) is 6.61 Å². The average Bonchev–Trinajstić information content (AvgIpc) is 2.82. The molecule has 8 heteroatoms. The molecule has 2 unspecified atom stereocenters. The summed E-state index contributed by atoms with van der Waals surface area (Å²) in [5.74, 6) is 0.0815. The molecule has 2 aliphatic rings. The first-order valence-electron chi connectivity index (χ1n) is 11.6. The van der Waals surface area contributed by atoms with Gasteiger partial charge in [0.1, 0.15) is 5.25 Å². The molecule has 2 aromatic rings. The lowest BCUT2D eigenvalue weighted by Gasteiger charge is -2.38. The first-order valence-corrected chi connectivity index (χ1v) is 13.1. The summed E-state index contributed by atoms with van der Waals surface area (Å²) >= 11 is 0. The second-order valence-electron chi connectivity index (χ2n) is 9.03. The maximum Gasteiger partial charge on any atom is 0.221 e. The number of carbonyl (C=O) groups excluding carboxylic acids is 1. The van der Waals surface area contributed by atoms with Gasteiger partial charge < -0.3 is 14.9 Å². The Balaban J connectivity index is 1.54. The van der Waals surface area contributed by atoms with Crippen LogP contribution in [-0.2, 0) is 28.0 Å². The number of rotatable bonds is 5. The van der Waals surface area contributed by atoms with Crippen LogP contribution in [0.3, 0.4) is 0 Å². The van der Waals surface area contributed by atoms with E-state index in [1.165, 1.54) is 0 Å². The van der Waals surface area contributed by atoms with Crippen LogP contribution in [0.4, 0.5) is 5.69 Å². The maximum absolute atomic E-state index is 13.5. The largest absolute Gasteiger partial charge is 0.392 e. The number of sulfonamides is 1. The third-order valence-electron chi connectivity index (χ3n) is 6.91. The third kappa shape index (κ3) is 4.93. The summed E-state index contributed by atoms with van der Waals surface area (Å²) in [7, 11) is -3.51. The second kappa shape index (κ2) is 9.83. The molecule has 0 bridgehead atoms. The molecule has 1 amide bonds. The van der Waals surface area contributed by atoms with Gasteiger partial charge in [0.2, 0.25) is 15.9 Å². The zero-order valence-electron chi connectivity index (χ0n) is 19.4. The van der Waals surface area contributed by atoms with E-state index in [4.69, 9.17) is 0 Å². The first-order chi connectivity index (χ1) is 15.8. The minimum absolute atomic E-state index is 0.0770. The Hall–Kier alpha value is -2.42. The molecule has 1 N–H and O–H groups in total. The molecule has 33 heavy (non-hydrogen) atoms. The Labute approximate surface area is 196 Å². The monoisotopic (exact) mass is 471 g/mol. The van der Waals surface area contributed by atoms with E-state index in [1.807, 2.05) is 60.4 Å². The Morgan fingerprint density at radius 3 is 2.36 bits per heavy atom. The van der Waals surface area contributed by atoms with Crippen molar-refractivity contribution in [1.82, 2.24) is 9.21 Å². The molecule has 178 valence electrons. The number of amides is 1. The van der Waals surface area contributed by atoms with Crippen LogP contribution in [0.2, 0.25) is 0 Å². The number of nitrogens with zero attached hydrogens (tertiary/aromatic N) is 3. The summed E-state index contributed by atoms with van der Waals surface area (Å²) in [5.41, 5.74) is 3.44.